The van der Waals surface area contributed by atoms with Crippen molar-refractivity contribution in [2.75, 3.05) is 7.05 Å². The average Bonchev–Trinajstić information content (AvgIpc) is 3.09. The first kappa shape index (κ1) is 13.8. The van der Waals surface area contributed by atoms with E-state index in [1.54, 1.807) is 11.3 Å². The minimum absolute atomic E-state index is 0.655. The lowest BCUT2D eigenvalue weighted by Gasteiger charge is -2.32. The largest absolute Gasteiger partial charge is 0.338 e. The highest BCUT2D eigenvalue weighted by Crippen LogP contribution is 2.27. The molecule has 0 bridgehead atoms. The topological polar surface area (TPSA) is 42.2 Å². The summed E-state index contributed by atoms with van der Waals surface area (Å²) < 4.78 is 5.37. The Hall–Kier alpha value is -1.20. The van der Waals surface area contributed by atoms with Crippen molar-refractivity contribution in [1.29, 1.82) is 0 Å². The summed E-state index contributed by atoms with van der Waals surface area (Å²) in [5.74, 6) is 2.30. The van der Waals surface area contributed by atoms with E-state index >= 15 is 0 Å². The number of hydrogen-bond acceptors (Lipinski definition) is 5. The van der Waals surface area contributed by atoms with Crippen molar-refractivity contribution in [3.05, 3.63) is 22.7 Å². The minimum Gasteiger partial charge on any atom is -0.338 e. The van der Waals surface area contributed by atoms with E-state index in [1.807, 2.05) is 16.8 Å². The number of thiophene rings is 1. The quantitative estimate of drug-likeness (QED) is 0.859. The summed E-state index contributed by atoms with van der Waals surface area (Å²) in [5.41, 5.74) is 1.04. The molecule has 2 aromatic heterocycles. The summed E-state index contributed by atoms with van der Waals surface area (Å²) in [5, 5.41) is 8.13. The monoisotopic (exact) mass is 291 g/mol. The van der Waals surface area contributed by atoms with Crippen LogP contribution in [0.1, 0.15) is 38.5 Å². The van der Waals surface area contributed by atoms with Gasteiger partial charge >= 0.3 is 0 Å². The predicted octanol–water partition coefficient (Wildman–Crippen LogP) is 3.81. The number of nitrogens with zero attached hydrogens (tertiary/aromatic N) is 3. The number of rotatable bonds is 4. The number of aromatic nitrogens is 2. The van der Waals surface area contributed by atoms with Crippen LogP contribution in [0.3, 0.4) is 0 Å². The Morgan fingerprint density at radius 2 is 2.15 bits per heavy atom. The van der Waals surface area contributed by atoms with Crippen molar-refractivity contribution in [2.24, 2.45) is 5.92 Å². The highest BCUT2D eigenvalue weighted by molar-refractivity contribution is 7.08. The fourth-order valence-corrected chi connectivity index (χ4v) is 3.49. The third-order valence-corrected chi connectivity index (χ3v) is 4.92. The van der Waals surface area contributed by atoms with Crippen molar-refractivity contribution in [3.63, 3.8) is 0 Å². The van der Waals surface area contributed by atoms with Crippen LogP contribution < -0.4 is 0 Å². The molecule has 1 saturated carbocycles. The normalized spacial score (nSPS) is 23.4. The predicted molar refractivity (Wildman–Crippen MR) is 80.5 cm³/mol. The second-order valence-electron chi connectivity index (χ2n) is 5.85. The standard InChI is InChI=1S/C15H21N3OS/c1-11-3-5-13(6-4-11)18(2)9-14-16-15(17-19-14)12-7-8-20-10-12/h7-8,10-11,13H,3-6,9H2,1-2H3. The maximum absolute atomic E-state index is 5.37. The van der Waals surface area contributed by atoms with Crippen molar-refractivity contribution < 1.29 is 4.52 Å². The molecule has 0 N–H and O–H groups in total. The second-order valence-corrected chi connectivity index (χ2v) is 6.63. The van der Waals surface area contributed by atoms with Gasteiger partial charge in [0.2, 0.25) is 11.7 Å². The molecule has 0 atom stereocenters. The van der Waals surface area contributed by atoms with Gasteiger partial charge in [-0.2, -0.15) is 16.3 Å². The summed E-state index contributed by atoms with van der Waals surface area (Å²) in [6, 6.07) is 2.67. The van der Waals surface area contributed by atoms with E-state index in [4.69, 9.17) is 4.52 Å². The Bertz CT molecular complexity index is 529. The summed E-state index contributed by atoms with van der Waals surface area (Å²) in [6.45, 7) is 3.09. The van der Waals surface area contributed by atoms with E-state index in [9.17, 15) is 0 Å². The highest BCUT2D eigenvalue weighted by atomic mass is 32.1. The molecule has 108 valence electrons. The van der Waals surface area contributed by atoms with E-state index in [-0.39, 0.29) is 0 Å². The van der Waals surface area contributed by atoms with Crippen LogP contribution in [-0.4, -0.2) is 28.1 Å². The van der Waals surface area contributed by atoms with Gasteiger partial charge in [-0.1, -0.05) is 12.1 Å². The van der Waals surface area contributed by atoms with Gasteiger partial charge in [0.15, 0.2) is 0 Å². The summed E-state index contributed by atoms with van der Waals surface area (Å²) in [7, 11) is 2.16. The molecule has 0 saturated heterocycles. The second kappa shape index (κ2) is 6.06. The van der Waals surface area contributed by atoms with Gasteiger partial charge in [-0.25, -0.2) is 0 Å². The molecule has 5 heteroatoms. The molecule has 20 heavy (non-hydrogen) atoms. The molecule has 2 heterocycles. The Kier molecular flexibility index (Phi) is 4.17. The Labute approximate surface area is 123 Å². The van der Waals surface area contributed by atoms with Gasteiger partial charge in [-0.15, -0.1) is 0 Å². The van der Waals surface area contributed by atoms with Gasteiger partial charge in [0.1, 0.15) is 0 Å². The summed E-state index contributed by atoms with van der Waals surface area (Å²) in [6.07, 6.45) is 5.23. The summed E-state index contributed by atoms with van der Waals surface area (Å²) in [4.78, 5) is 6.85. The Balaban J connectivity index is 1.60. The van der Waals surface area contributed by atoms with Crippen LogP contribution in [0.4, 0.5) is 0 Å². The molecule has 4 nitrogen and oxygen atoms in total. The van der Waals surface area contributed by atoms with Crippen molar-refractivity contribution in [3.8, 4) is 11.4 Å². The first-order valence-electron chi connectivity index (χ1n) is 7.28. The summed E-state index contributed by atoms with van der Waals surface area (Å²) >= 11 is 1.65. The molecule has 1 aliphatic carbocycles. The minimum atomic E-state index is 0.655. The zero-order valence-corrected chi connectivity index (χ0v) is 12.9. The van der Waals surface area contributed by atoms with Crippen LogP contribution in [0, 0.1) is 5.92 Å². The molecular weight excluding hydrogens is 270 g/mol. The Morgan fingerprint density at radius 1 is 1.35 bits per heavy atom. The maximum atomic E-state index is 5.37. The van der Waals surface area contributed by atoms with Crippen LogP contribution >= 0.6 is 11.3 Å². The average molecular weight is 291 g/mol. The molecule has 2 aromatic rings. The van der Waals surface area contributed by atoms with Crippen molar-refractivity contribution in [1.82, 2.24) is 15.0 Å². The van der Waals surface area contributed by atoms with Gasteiger partial charge in [0, 0.05) is 17.0 Å². The van der Waals surface area contributed by atoms with Crippen LogP contribution in [0.15, 0.2) is 21.3 Å². The fraction of sp³-hybridized carbons (Fsp3) is 0.600. The molecule has 1 fully saturated rings. The van der Waals surface area contributed by atoms with E-state index < -0.39 is 0 Å². The van der Waals surface area contributed by atoms with Crippen LogP contribution in [0.2, 0.25) is 0 Å². The molecule has 0 spiro atoms. The SMILES string of the molecule is CC1CCC(N(C)Cc2nc(-c3ccsc3)no2)CC1. The molecule has 0 radical (unpaired) electrons. The van der Waals surface area contributed by atoms with Gasteiger partial charge in [-0.3, -0.25) is 4.90 Å². The van der Waals surface area contributed by atoms with Crippen LogP contribution in [-0.2, 0) is 6.54 Å². The third kappa shape index (κ3) is 3.10. The Morgan fingerprint density at radius 3 is 2.85 bits per heavy atom. The van der Waals surface area contributed by atoms with E-state index in [2.05, 4.69) is 29.0 Å². The van der Waals surface area contributed by atoms with Crippen LogP contribution in [0.5, 0.6) is 0 Å². The maximum Gasteiger partial charge on any atom is 0.241 e. The molecule has 0 amide bonds. The van der Waals surface area contributed by atoms with Gasteiger partial charge in [0.05, 0.1) is 6.54 Å². The molecule has 0 aliphatic heterocycles. The first-order valence-corrected chi connectivity index (χ1v) is 8.22. The van der Waals surface area contributed by atoms with E-state index in [0.717, 1.165) is 18.0 Å². The van der Waals surface area contributed by atoms with Gasteiger partial charge in [-0.05, 0) is 50.1 Å². The van der Waals surface area contributed by atoms with Crippen molar-refractivity contribution in [2.45, 2.75) is 45.2 Å². The molecule has 0 unspecified atom stereocenters. The lowest BCUT2D eigenvalue weighted by molar-refractivity contribution is 0.148. The molecule has 1 aliphatic rings. The van der Waals surface area contributed by atoms with E-state index in [0.29, 0.717) is 17.8 Å². The molecular formula is C15H21N3OS. The highest BCUT2D eigenvalue weighted by Gasteiger charge is 2.23. The lowest BCUT2D eigenvalue weighted by Crippen LogP contribution is -2.34. The lowest BCUT2D eigenvalue weighted by atomic mass is 9.87. The molecule has 0 aromatic carbocycles. The zero-order chi connectivity index (χ0) is 13.9. The van der Waals surface area contributed by atoms with Gasteiger partial charge < -0.3 is 4.52 Å². The van der Waals surface area contributed by atoms with Crippen molar-refractivity contribution >= 4 is 11.3 Å². The first-order chi connectivity index (χ1) is 9.72. The van der Waals surface area contributed by atoms with Crippen LogP contribution in [0.25, 0.3) is 11.4 Å². The number of hydrogen-bond donors (Lipinski definition) is 0. The van der Waals surface area contributed by atoms with Gasteiger partial charge in [0.25, 0.3) is 0 Å². The fourth-order valence-electron chi connectivity index (χ4n) is 2.85. The smallest absolute Gasteiger partial charge is 0.241 e. The van der Waals surface area contributed by atoms with E-state index in [1.165, 1.54) is 25.7 Å². The molecule has 3 rings (SSSR count). The third-order valence-electron chi connectivity index (χ3n) is 4.24. The zero-order valence-electron chi connectivity index (χ0n) is 12.1.